The van der Waals surface area contributed by atoms with E-state index < -0.39 is 41.5 Å². The third kappa shape index (κ3) is 9.38. The number of ether oxygens (including phenoxy) is 2. The molecule has 0 bridgehead atoms. The number of aliphatic hydroxyl groups excluding tert-OH is 1. The lowest BCUT2D eigenvalue weighted by molar-refractivity contribution is -0.148. The van der Waals surface area contributed by atoms with Crippen LogP contribution >= 0.6 is 0 Å². The summed E-state index contributed by atoms with van der Waals surface area (Å²) in [5, 5.41) is 18.5. The number of alkyl carbamates (subject to hydrolysis) is 1. The number of amides is 3. The van der Waals surface area contributed by atoms with Crippen LogP contribution in [-0.4, -0.2) is 66.9 Å². The molecular formula is C40H47N3O7. The summed E-state index contributed by atoms with van der Waals surface area (Å²) in [4.78, 5) is 53.0. The zero-order valence-corrected chi connectivity index (χ0v) is 28.9. The number of hydrogen-bond donors (Lipinski definition) is 4. The molecule has 1 aliphatic heterocycles. The molecule has 4 N–H and O–H groups in total. The lowest BCUT2D eigenvalue weighted by Gasteiger charge is -2.33. The van der Waals surface area contributed by atoms with Crippen molar-refractivity contribution < 1.29 is 33.8 Å². The lowest BCUT2D eigenvalue weighted by Crippen LogP contribution is -2.51. The zero-order valence-electron chi connectivity index (χ0n) is 28.9. The first-order chi connectivity index (χ1) is 24.0. The van der Waals surface area contributed by atoms with E-state index in [2.05, 4.69) is 28.1 Å². The maximum absolute atomic E-state index is 13.5. The van der Waals surface area contributed by atoms with Crippen molar-refractivity contribution in [2.24, 2.45) is 11.3 Å². The van der Waals surface area contributed by atoms with Gasteiger partial charge in [-0.2, -0.15) is 0 Å². The summed E-state index contributed by atoms with van der Waals surface area (Å²) >= 11 is 0. The van der Waals surface area contributed by atoms with Crippen LogP contribution in [0.1, 0.15) is 62.6 Å². The first-order valence-electron chi connectivity index (χ1n) is 17.2. The van der Waals surface area contributed by atoms with E-state index >= 15 is 0 Å². The summed E-state index contributed by atoms with van der Waals surface area (Å²) in [5.41, 5.74) is 4.87. The highest BCUT2D eigenvalue weighted by atomic mass is 16.6. The van der Waals surface area contributed by atoms with Gasteiger partial charge in [-0.25, -0.2) is 9.59 Å². The van der Waals surface area contributed by atoms with Gasteiger partial charge in [-0.15, -0.1) is 0 Å². The van der Waals surface area contributed by atoms with E-state index in [1.54, 1.807) is 12.2 Å². The number of rotatable bonds is 9. The number of cyclic esters (lactones) is 1. The van der Waals surface area contributed by atoms with Gasteiger partial charge in [0.05, 0.1) is 24.6 Å². The Morgan fingerprint density at radius 1 is 0.920 bits per heavy atom. The van der Waals surface area contributed by atoms with E-state index in [1.165, 1.54) is 0 Å². The van der Waals surface area contributed by atoms with Gasteiger partial charge in [0.2, 0.25) is 11.8 Å². The standard InChI is InChI=1S/C40H47N3O7/c1-40(2,3)35-25-49-38(47)34(42-39(48)50-24-33-31-18-10-8-16-29(31)30-17-9-11-19-32(30)33)20-12-7-15-27(37(46)43-35)22-36(45)41-28(23-44)21-26-13-5-4-6-14-26/h4-14,16-19,27-28,33-35,44H,15,20-25H2,1-3H3,(H,41,45)(H,42,48)(H,43,46)/b12-7-/t27-,28+,34-,35+/m0/s1. The summed E-state index contributed by atoms with van der Waals surface area (Å²) in [6.07, 6.45) is 3.38. The molecule has 1 aliphatic carbocycles. The van der Waals surface area contributed by atoms with Crippen LogP contribution in [0.25, 0.3) is 11.1 Å². The second-order valence-corrected chi connectivity index (χ2v) is 14.1. The summed E-state index contributed by atoms with van der Waals surface area (Å²) in [6, 6.07) is 23.5. The van der Waals surface area contributed by atoms with Crippen molar-refractivity contribution in [3.05, 3.63) is 108 Å². The van der Waals surface area contributed by atoms with Crippen molar-refractivity contribution in [1.29, 1.82) is 0 Å². The second kappa shape index (κ2) is 16.6. The molecule has 3 aromatic rings. The minimum absolute atomic E-state index is 0.0977. The molecule has 10 heteroatoms. The van der Waals surface area contributed by atoms with Gasteiger partial charge in [0.15, 0.2) is 0 Å². The van der Waals surface area contributed by atoms with Gasteiger partial charge in [-0.1, -0.05) is 112 Å². The molecule has 3 aromatic carbocycles. The van der Waals surface area contributed by atoms with Crippen molar-refractivity contribution in [2.75, 3.05) is 19.8 Å². The third-order valence-electron chi connectivity index (χ3n) is 9.35. The highest BCUT2D eigenvalue weighted by Gasteiger charge is 2.34. The minimum atomic E-state index is -1.03. The van der Waals surface area contributed by atoms with Crippen LogP contribution in [0.5, 0.6) is 0 Å². The van der Waals surface area contributed by atoms with Gasteiger partial charge < -0.3 is 30.5 Å². The monoisotopic (exact) mass is 681 g/mol. The zero-order chi connectivity index (χ0) is 35.7. The Morgan fingerprint density at radius 2 is 1.54 bits per heavy atom. The fraction of sp³-hybridized carbons (Fsp3) is 0.400. The van der Waals surface area contributed by atoms with Crippen LogP contribution in [-0.2, 0) is 30.3 Å². The fourth-order valence-electron chi connectivity index (χ4n) is 6.41. The number of fused-ring (bicyclic) bond motifs is 3. The van der Waals surface area contributed by atoms with Crippen LogP contribution in [0.3, 0.4) is 0 Å². The molecule has 2 aliphatic rings. The predicted octanol–water partition coefficient (Wildman–Crippen LogP) is 5.04. The molecule has 0 radical (unpaired) electrons. The molecule has 0 saturated carbocycles. The SMILES string of the molecule is CC(C)(C)[C@H]1COC(=O)[C@@H](NC(=O)OCC2c3ccccc3-c3ccccc32)C/C=C\C[C@@H](CC(=O)N[C@@H](CO)Cc2ccccc2)C(=O)N1. The van der Waals surface area contributed by atoms with Gasteiger partial charge in [-0.05, 0) is 52.5 Å². The Hall–Kier alpha value is -4.96. The average molecular weight is 682 g/mol. The minimum Gasteiger partial charge on any atom is -0.462 e. The number of allylic oxidation sites excluding steroid dienone is 1. The normalized spacial score (nSPS) is 20.8. The summed E-state index contributed by atoms with van der Waals surface area (Å²) in [5.74, 6) is -2.17. The Balaban J connectivity index is 1.24. The molecule has 10 nitrogen and oxygen atoms in total. The first kappa shape index (κ1) is 36.3. The molecule has 0 unspecified atom stereocenters. The molecule has 3 amide bonds. The Bertz CT molecular complexity index is 1640. The quantitative estimate of drug-likeness (QED) is 0.183. The first-order valence-corrected chi connectivity index (χ1v) is 17.2. The smallest absolute Gasteiger partial charge is 0.407 e. The van der Waals surface area contributed by atoms with E-state index in [4.69, 9.17) is 9.47 Å². The van der Waals surface area contributed by atoms with E-state index in [1.807, 2.05) is 87.5 Å². The van der Waals surface area contributed by atoms with Crippen LogP contribution in [0.2, 0.25) is 0 Å². The van der Waals surface area contributed by atoms with Gasteiger partial charge in [0.1, 0.15) is 19.3 Å². The number of nitrogens with one attached hydrogen (secondary N) is 3. The molecule has 0 fully saturated rings. The number of esters is 1. The molecule has 50 heavy (non-hydrogen) atoms. The highest BCUT2D eigenvalue weighted by molar-refractivity contribution is 5.86. The molecule has 0 spiro atoms. The molecular weight excluding hydrogens is 634 g/mol. The van der Waals surface area contributed by atoms with Crippen LogP contribution < -0.4 is 16.0 Å². The van der Waals surface area contributed by atoms with Crippen LogP contribution in [0.15, 0.2) is 91.0 Å². The largest absolute Gasteiger partial charge is 0.462 e. The maximum Gasteiger partial charge on any atom is 0.407 e. The Labute approximate surface area is 293 Å². The van der Waals surface area contributed by atoms with Crippen molar-refractivity contribution in [1.82, 2.24) is 16.0 Å². The Morgan fingerprint density at radius 3 is 2.18 bits per heavy atom. The van der Waals surface area contributed by atoms with Gasteiger partial charge >= 0.3 is 12.1 Å². The second-order valence-electron chi connectivity index (χ2n) is 14.1. The maximum atomic E-state index is 13.5. The third-order valence-corrected chi connectivity index (χ3v) is 9.35. The number of aliphatic hydroxyl groups is 1. The van der Waals surface area contributed by atoms with E-state index in [-0.39, 0.29) is 56.8 Å². The van der Waals surface area contributed by atoms with Crippen LogP contribution in [0, 0.1) is 11.3 Å². The van der Waals surface area contributed by atoms with Gasteiger partial charge in [0.25, 0.3) is 0 Å². The lowest BCUT2D eigenvalue weighted by atomic mass is 9.86. The van der Waals surface area contributed by atoms with E-state index in [9.17, 15) is 24.3 Å². The van der Waals surface area contributed by atoms with Crippen molar-refractivity contribution in [3.8, 4) is 11.1 Å². The molecule has 0 saturated heterocycles. The molecule has 264 valence electrons. The Kier molecular flexibility index (Phi) is 12.1. The highest BCUT2D eigenvalue weighted by Crippen LogP contribution is 2.44. The molecule has 0 aromatic heterocycles. The summed E-state index contributed by atoms with van der Waals surface area (Å²) < 4.78 is 11.4. The van der Waals surface area contributed by atoms with Crippen molar-refractivity contribution in [2.45, 2.75) is 70.5 Å². The van der Waals surface area contributed by atoms with Gasteiger partial charge in [0, 0.05) is 12.3 Å². The fourth-order valence-corrected chi connectivity index (χ4v) is 6.41. The van der Waals surface area contributed by atoms with E-state index in [0.29, 0.717) is 6.42 Å². The number of benzene rings is 3. The number of hydrogen-bond acceptors (Lipinski definition) is 7. The molecule has 1 heterocycles. The molecule has 4 atom stereocenters. The number of carbonyl (C=O) groups is 4. The van der Waals surface area contributed by atoms with E-state index in [0.717, 1.165) is 27.8 Å². The predicted molar refractivity (Wildman–Crippen MR) is 190 cm³/mol. The average Bonchev–Trinajstić information content (AvgIpc) is 3.42. The summed E-state index contributed by atoms with van der Waals surface area (Å²) in [7, 11) is 0. The number of carbonyl (C=O) groups excluding carboxylic acids is 4. The van der Waals surface area contributed by atoms with Gasteiger partial charge in [-0.3, -0.25) is 9.59 Å². The summed E-state index contributed by atoms with van der Waals surface area (Å²) in [6.45, 7) is 5.49. The van der Waals surface area contributed by atoms with Crippen molar-refractivity contribution >= 4 is 23.9 Å². The van der Waals surface area contributed by atoms with Crippen LogP contribution in [0.4, 0.5) is 4.79 Å². The van der Waals surface area contributed by atoms with Crippen molar-refractivity contribution in [3.63, 3.8) is 0 Å². The molecule has 5 rings (SSSR count). The topological polar surface area (TPSA) is 143 Å².